The maximum atomic E-state index is 4.24. The van der Waals surface area contributed by atoms with Gasteiger partial charge in [0.05, 0.1) is 5.01 Å². The fourth-order valence-electron chi connectivity index (χ4n) is 1.09. The van der Waals surface area contributed by atoms with Crippen LogP contribution in [0.2, 0.25) is 0 Å². The first kappa shape index (κ1) is 10.2. The van der Waals surface area contributed by atoms with E-state index >= 15 is 0 Å². The minimum absolute atomic E-state index is 0.768. The van der Waals surface area contributed by atoms with Gasteiger partial charge in [-0.05, 0) is 19.3 Å². The second-order valence-electron chi connectivity index (χ2n) is 2.98. The molecule has 0 N–H and O–H groups in total. The van der Waals surface area contributed by atoms with Crippen LogP contribution in [-0.2, 0) is 6.42 Å². The predicted molar refractivity (Wildman–Crippen MR) is 58.1 cm³/mol. The minimum atomic E-state index is 0.768. The summed E-state index contributed by atoms with van der Waals surface area (Å²) in [5.74, 6) is 0.768. The Morgan fingerprint density at radius 3 is 2.83 bits per heavy atom. The van der Waals surface area contributed by atoms with E-state index < -0.39 is 0 Å². The molecule has 3 heteroatoms. The molecule has 0 aliphatic heterocycles. The van der Waals surface area contributed by atoms with Crippen molar-refractivity contribution < 1.29 is 0 Å². The van der Waals surface area contributed by atoms with Gasteiger partial charge < -0.3 is 0 Å². The molecular formula is C9H14BrNS. The minimum Gasteiger partial charge on any atom is -0.250 e. The number of thiazole rings is 1. The lowest BCUT2D eigenvalue weighted by atomic mass is 10.1. The van der Waals surface area contributed by atoms with Crippen molar-refractivity contribution in [2.24, 2.45) is 5.92 Å². The number of alkyl halides is 1. The Bertz CT molecular complexity index is 230. The Labute approximate surface area is 86.3 Å². The lowest BCUT2D eigenvalue weighted by molar-refractivity contribution is 0.578. The Morgan fingerprint density at radius 2 is 2.42 bits per heavy atom. The van der Waals surface area contributed by atoms with Gasteiger partial charge in [0.1, 0.15) is 0 Å². The molecule has 1 atom stereocenters. The third-order valence-electron chi connectivity index (χ3n) is 1.95. The van der Waals surface area contributed by atoms with Crippen molar-refractivity contribution in [3.63, 3.8) is 0 Å². The molecule has 1 heterocycles. The quantitative estimate of drug-likeness (QED) is 0.744. The molecule has 12 heavy (non-hydrogen) atoms. The van der Waals surface area contributed by atoms with E-state index in [1.807, 2.05) is 17.5 Å². The second kappa shape index (κ2) is 4.97. The van der Waals surface area contributed by atoms with Crippen molar-refractivity contribution in [3.05, 3.63) is 16.1 Å². The molecule has 1 rings (SSSR count). The molecular weight excluding hydrogens is 234 g/mol. The van der Waals surface area contributed by atoms with Crippen LogP contribution in [0.5, 0.6) is 0 Å². The first-order valence-electron chi connectivity index (χ1n) is 4.23. The molecule has 1 aromatic heterocycles. The van der Waals surface area contributed by atoms with Crippen molar-refractivity contribution in [2.45, 2.75) is 26.7 Å². The van der Waals surface area contributed by atoms with Gasteiger partial charge in [-0.25, -0.2) is 4.98 Å². The van der Waals surface area contributed by atoms with Crippen LogP contribution >= 0.6 is 27.3 Å². The summed E-state index contributed by atoms with van der Waals surface area (Å²) in [5.41, 5.74) is 0. The Morgan fingerprint density at radius 1 is 1.67 bits per heavy atom. The molecule has 68 valence electrons. The van der Waals surface area contributed by atoms with E-state index in [2.05, 4.69) is 34.8 Å². The molecule has 0 spiro atoms. The van der Waals surface area contributed by atoms with Crippen LogP contribution in [0.4, 0.5) is 0 Å². The highest BCUT2D eigenvalue weighted by molar-refractivity contribution is 9.09. The normalized spacial score (nSPS) is 13.2. The predicted octanol–water partition coefficient (Wildman–Crippen LogP) is 3.42. The van der Waals surface area contributed by atoms with E-state index in [4.69, 9.17) is 0 Å². The van der Waals surface area contributed by atoms with Gasteiger partial charge in [0.15, 0.2) is 0 Å². The summed E-state index contributed by atoms with van der Waals surface area (Å²) in [5, 5.41) is 2.27. The summed E-state index contributed by atoms with van der Waals surface area (Å²) < 4.78 is 0. The van der Waals surface area contributed by atoms with E-state index in [0.717, 1.165) is 11.2 Å². The van der Waals surface area contributed by atoms with Crippen molar-refractivity contribution in [2.75, 3.05) is 5.33 Å². The molecule has 0 aromatic carbocycles. The Balaban J connectivity index is 2.50. The molecule has 0 aliphatic carbocycles. The maximum Gasteiger partial charge on any atom is 0.0896 e. The molecule has 1 aromatic rings. The van der Waals surface area contributed by atoms with Crippen LogP contribution < -0.4 is 0 Å². The van der Waals surface area contributed by atoms with Gasteiger partial charge >= 0.3 is 0 Å². The average molecular weight is 248 g/mol. The van der Waals surface area contributed by atoms with E-state index in [-0.39, 0.29) is 0 Å². The Kier molecular flexibility index (Phi) is 4.22. The number of hydrogen-bond acceptors (Lipinski definition) is 2. The number of aromatic nitrogens is 1. The number of rotatable bonds is 4. The maximum absolute atomic E-state index is 4.24. The van der Waals surface area contributed by atoms with Crippen molar-refractivity contribution in [3.8, 4) is 0 Å². The summed E-state index contributed by atoms with van der Waals surface area (Å²) in [6, 6.07) is 0. The second-order valence-corrected chi connectivity index (χ2v) is 4.95. The first-order chi connectivity index (χ1) is 5.76. The topological polar surface area (TPSA) is 12.9 Å². The van der Waals surface area contributed by atoms with Gasteiger partial charge in [-0.15, -0.1) is 11.3 Å². The number of hydrogen-bond donors (Lipinski definition) is 0. The SMILES string of the molecule is CCC(CBr)Cc1cnc(C)s1. The van der Waals surface area contributed by atoms with E-state index in [1.54, 1.807) is 0 Å². The lowest BCUT2D eigenvalue weighted by Crippen LogP contribution is -2.02. The van der Waals surface area contributed by atoms with Crippen LogP contribution in [0, 0.1) is 12.8 Å². The fraction of sp³-hybridized carbons (Fsp3) is 0.667. The summed E-state index contributed by atoms with van der Waals surface area (Å²) in [6.45, 7) is 4.29. The van der Waals surface area contributed by atoms with Crippen LogP contribution in [0.25, 0.3) is 0 Å². The summed E-state index contributed by atoms with van der Waals surface area (Å²) >= 11 is 5.34. The molecule has 0 amide bonds. The number of aryl methyl sites for hydroxylation is 1. The largest absolute Gasteiger partial charge is 0.250 e. The van der Waals surface area contributed by atoms with Gasteiger partial charge in [-0.3, -0.25) is 0 Å². The molecule has 0 saturated heterocycles. The lowest BCUT2D eigenvalue weighted by Gasteiger charge is -2.07. The summed E-state index contributed by atoms with van der Waals surface area (Å²) in [4.78, 5) is 5.66. The molecule has 1 unspecified atom stereocenters. The third-order valence-corrected chi connectivity index (χ3v) is 3.81. The highest BCUT2D eigenvalue weighted by Gasteiger charge is 2.07. The number of halogens is 1. The molecule has 0 aliphatic rings. The van der Waals surface area contributed by atoms with E-state index in [9.17, 15) is 0 Å². The smallest absolute Gasteiger partial charge is 0.0896 e. The molecule has 0 radical (unpaired) electrons. The van der Waals surface area contributed by atoms with Gasteiger partial charge in [-0.1, -0.05) is 29.3 Å². The number of nitrogens with zero attached hydrogens (tertiary/aromatic N) is 1. The zero-order valence-corrected chi connectivity index (χ0v) is 9.91. The summed E-state index contributed by atoms with van der Waals surface area (Å²) in [6.07, 6.45) is 4.42. The van der Waals surface area contributed by atoms with Crippen LogP contribution in [0.1, 0.15) is 23.2 Å². The molecule has 0 fully saturated rings. The van der Waals surface area contributed by atoms with Gasteiger partial charge in [-0.2, -0.15) is 0 Å². The highest BCUT2D eigenvalue weighted by Crippen LogP contribution is 2.19. The van der Waals surface area contributed by atoms with E-state index in [0.29, 0.717) is 0 Å². The highest BCUT2D eigenvalue weighted by atomic mass is 79.9. The molecule has 0 bridgehead atoms. The van der Waals surface area contributed by atoms with Crippen LogP contribution in [0.3, 0.4) is 0 Å². The zero-order chi connectivity index (χ0) is 8.97. The molecule has 0 saturated carbocycles. The van der Waals surface area contributed by atoms with Crippen LogP contribution in [0.15, 0.2) is 6.20 Å². The summed E-state index contributed by atoms with van der Waals surface area (Å²) in [7, 11) is 0. The van der Waals surface area contributed by atoms with Crippen molar-refractivity contribution in [1.82, 2.24) is 4.98 Å². The monoisotopic (exact) mass is 247 g/mol. The van der Waals surface area contributed by atoms with E-state index in [1.165, 1.54) is 22.7 Å². The van der Waals surface area contributed by atoms with Crippen molar-refractivity contribution >= 4 is 27.3 Å². The average Bonchev–Trinajstić information content (AvgIpc) is 2.47. The van der Waals surface area contributed by atoms with Gasteiger partial charge in [0, 0.05) is 16.4 Å². The van der Waals surface area contributed by atoms with Crippen LogP contribution in [-0.4, -0.2) is 10.3 Å². The van der Waals surface area contributed by atoms with Gasteiger partial charge in [0.2, 0.25) is 0 Å². The van der Waals surface area contributed by atoms with Gasteiger partial charge in [0.25, 0.3) is 0 Å². The Hall–Kier alpha value is 0.110. The third kappa shape index (κ3) is 2.87. The first-order valence-corrected chi connectivity index (χ1v) is 6.17. The van der Waals surface area contributed by atoms with Crippen molar-refractivity contribution in [1.29, 1.82) is 0 Å². The zero-order valence-electron chi connectivity index (χ0n) is 7.51. The molecule has 1 nitrogen and oxygen atoms in total. The fourth-order valence-corrected chi connectivity index (χ4v) is 2.69. The standard InChI is InChI=1S/C9H14BrNS/c1-3-8(5-10)4-9-6-11-7(2)12-9/h6,8H,3-5H2,1-2H3.